The predicted molar refractivity (Wildman–Crippen MR) is 46.5 cm³/mol. The third-order valence-electron chi connectivity index (χ3n) is 1.58. The lowest BCUT2D eigenvalue weighted by atomic mass is 10.1. The topological polar surface area (TPSA) is 26.3 Å². The van der Waals surface area contributed by atoms with Gasteiger partial charge in [0.05, 0.1) is 12.7 Å². The lowest BCUT2D eigenvalue weighted by Crippen LogP contribution is -2.51. The van der Waals surface area contributed by atoms with Crippen LogP contribution in [0.4, 0.5) is 30.7 Å². The minimum Gasteiger partial charge on any atom is -0.463 e. The molecule has 0 aromatic heterocycles. The maximum absolute atomic E-state index is 12.7. The van der Waals surface area contributed by atoms with Gasteiger partial charge in [-0.2, -0.15) is 26.3 Å². The Morgan fingerprint density at radius 1 is 1.22 bits per heavy atom. The molecule has 0 saturated heterocycles. The average molecular weight is 303 g/mol. The summed E-state index contributed by atoms with van der Waals surface area (Å²) in [5.41, 5.74) is 0. The smallest absolute Gasteiger partial charge is 0.393 e. The summed E-state index contributed by atoms with van der Waals surface area (Å²) in [5, 5.41) is -5.70. The Bertz CT molecular complexity index is 348. The van der Waals surface area contributed by atoms with E-state index < -0.39 is 35.1 Å². The minimum atomic E-state index is -6.21. The number of ether oxygens (including phenoxy) is 1. The molecule has 0 spiro atoms. The van der Waals surface area contributed by atoms with Gasteiger partial charge in [0.15, 0.2) is 5.83 Å². The van der Waals surface area contributed by atoms with Gasteiger partial charge < -0.3 is 4.74 Å². The van der Waals surface area contributed by atoms with Crippen LogP contribution in [-0.4, -0.2) is 29.8 Å². The number of hydrogen-bond acceptors (Lipinski definition) is 2. The Balaban J connectivity index is 5.33. The highest BCUT2D eigenvalue weighted by atomic mass is 35.5. The molecule has 0 unspecified atom stereocenters. The van der Waals surface area contributed by atoms with Crippen LogP contribution in [-0.2, 0) is 9.53 Å². The molecule has 0 aromatic rings. The first-order valence-electron chi connectivity index (χ1n) is 4.24. The third-order valence-corrected chi connectivity index (χ3v) is 1.82. The van der Waals surface area contributed by atoms with Gasteiger partial charge in [0, 0.05) is 0 Å². The maximum atomic E-state index is 12.7. The molecule has 0 fully saturated rings. The van der Waals surface area contributed by atoms with Crippen molar-refractivity contribution in [2.45, 2.75) is 24.2 Å². The van der Waals surface area contributed by atoms with Crippen molar-refractivity contribution in [2.24, 2.45) is 0 Å². The summed E-state index contributed by atoms with van der Waals surface area (Å²) in [6, 6.07) is 0. The van der Waals surface area contributed by atoms with Gasteiger partial charge in [-0.3, -0.25) is 0 Å². The Morgan fingerprint density at radius 2 is 1.67 bits per heavy atom. The van der Waals surface area contributed by atoms with E-state index in [1.165, 1.54) is 6.92 Å². The molecular formula is C8H6ClF7O2. The van der Waals surface area contributed by atoms with Crippen molar-refractivity contribution in [3.8, 4) is 0 Å². The van der Waals surface area contributed by atoms with E-state index >= 15 is 0 Å². The summed E-state index contributed by atoms with van der Waals surface area (Å²) in [7, 11) is 0. The first kappa shape index (κ1) is 17.0. The number of esters is 1. The van der Waals surface area contributed by atoms with E-state index in [1.807, 2.05) is 0 Å². The molecule has 18 heavy (non-hydrogen) atoms. The van der Waals surface area contributed by atoms with Crippen LogP contribution < -0.4 is 0 Å². The normalized spacial score (nSPS) is 14.6. The van der Waals surface area contributed by atoms with Crippen LogP contribution in [0.5, 0.6) is 0 Å². The van der Waals surface area contributed by atoms with Gasteiger partial charge in [0.25, 0.3) is 0 Å². The molecule has 0 aliphatic rings. The summed E-state index contributed by atoms with van der Waals surface area (Å²) in [6.07, 6.45) is -0.653. The number of rotatable bonds is 5. The van der Waals surface area contributed by atoms with Gasteiger partial charge in [-0.15, -0.1) is 0 Å². The maximum Gasteiger partial charge on any atom is 0.393 e. The zero-order chi connectivity index (χ0) is 14.8. The molecular weight excluding hydrogens is 297 g/mol. The van der Waals surface area contributed by atoms with Crippen LogP contribution in [0.25, 0.3) is 0 Å². The van der Waals surface area contributed by atoms with Crippen molar-refractivity contribution in [3.63, 3.8) is 0 Å². The number of hydrogen-bond donors (Lipinski definition) is 0. The largest absolute Gasteiger partial charge is 0.463 e. The Labute approximate surface area is 101 Å². The number of carbonyl (C=O) groups excluding carboxylic acids is 1. The van der Waals surface area contributed by atoms with Gasteiger partial charge in [-0.25, -0.2) is 9.18 Å². The molecule has 0 bridgehead atoms. The first-order valence-corrected chi connectivity index (χ1v) is 4.62. The summed E-state index contributed by atoms with van der Waals surface area (Å²) in [6.45, 7) is 0.875. The highest BCUT2D eigenvalue weighted by molar-refractivity contribution is 6.22. The van der Waals surface area contributed by atoms with Gasteiger partial charge >= 0.3 is 23.2 Å². The van der Waals surface area contributed by atoms with Gasteiger partial charge in [0.1, 0.15) is 0 Å². The molecule has 0 radical (unpaired) electrons. The quantitative estimate of drug-likeness (QED) is 0.336. The van der Waals surface area contributed by atoms with Crippen LogP contribution in [0.15, 0.2) is 11.9 Å². The van der Waals surface area contributed by atoms with E-state index in [1.54, 1.807) is 0 Å². The fraction of sp³-hybridized carbons (Fsp3) is 0.625. The molecule has 0 atom stereocenters. The number of alkyl halides is 7. The molecule has 0 heterocycles. The van der Waals surface area contributed by atoms with Crippen LogP contribution in [0, 0.1) is 0 Å². The molecule has 0 aliphatic carbocycles. The van der Waals surface area contributed by atoms with Crippen LogP contribution in [0.2, 0.25) is 0 Å². The average Bonchev–Trinajstić information content (AvgIpc) is 2.15. The second-order valence-corrected chi connectivity index (χ2v) is 3.37. The Hall–Kier alpha value is -0.990. The zero-order valence-corrected chi connectivity index (χ0v) is 9.38. The molecule has 106 valence electrons. The second-order valence-electron chi connectivity index (χ2n) is 2.89. The summed E-state index contributed by atoms with van der Waals surface area (Å²) >= 11 is 3.78. The van der Waals surface area contributed by atoms with E-state index in [9.17, 15) is 35.5 Å². The fourth-order valence-corrected chi connectivity index (χ4v) is 0.825. The highest BCUT2D eigenvalue weighted by Gasteiger charge is 2.73. The lowest BCUT2D eigenvalue weighted by Gasteiger charge is -2.27. The fourth-order valence-electron chi connectivity index (χ4n) is 0.706. The summed E-state index contributed by atoms with van der Waals surface area (Å²) in [4.78, 5) is 10.5. The molecule has 2 nitrogen and oxygen atoms in total. The number of halogens is 8. The third kappa shape index (κ3) is 3.27. The van der Waals surface area contributed by atoms with Gasteiger partial charge in [0.2, 0.25) is 0 Å². The molecule has 0 aliphatic heterocycles. The van der Waals surface area contributed by atoms with E-state index in [4.69, 9.17) is 0 Å². The standard InChI is InChI=1S/C8H6ClF7O2/c1-2-18-5(17)3-4(10)6(11,12)7(13,14)8(9,15)16/h3H,2H2,1H3/b4-3-. The van der Waals surface area contributed by atoms with Crippen molar-refractivity contribution in [1.29, 1.82) is 0 Å². The van der Waals surface area contributed by atoms with Gasteiger partial charge in [-0.05, 0) is 18.5 Å². The summed E-state index contributed by atoms with van der Waals surface area (Å²) < 4.78 is 91.3. The van der Waals surface area contributed by atoms with Crippen molar-refractivity contribution in [1.82, 2.24) is 0 Å². The summed E-state index contributed by atoms with van der Waals surface area (Å²) in [5.74, 6) is -17.0. The Kier molecular flexibility index (Phi) is 5.04. The number of allylic oxidation sites excluding steroid dienone is 1. The van der Waals surface area contributed by atoms with Crippen molar-refractivity contribution >= 4 is 17.6 Å². The van der Waals surface area contributed by atoms with E-state index in [0.717, 1.165) is 0 Å². The van der Waals surface area contributed by atoms with Crippen molar-refractivity contribution < 1.29 is 40.3 Å². The van der Waals surface area contributed by atoms with Crippen LogP contribution >= 0.6 is 11.6 Å². The van der Waals surface area contributed by atoms with Crippen molar-refractivity contribution in [2.75, 3.05) is 6.61 Å². The van der Waals surface area contributed by atoms with E-state index in [2.05, 4.69) is 16.3 Å². The highest BCUT2D eigenvalue weighted by Crippen LogP contribution is 2.51. The molecule has 0 amide bonds. The zero-order valence-electron chi connectivity index (χ0n) is 8.62. The predicted octanol–water partition coefficient (Wildman–Crippen LogP) is 3.51. The molecule has 0 saturated carbocycles. The Morgan fingerprint density at radius 3 is 2.00 bits per heavy atom. The van der Waals surface area contributed by atoms with Gasteiger partial charge in [-0.1, -0.05) is 0 Å². The van der Waals surface area contributed by atoms with Crippen molar-refractivity contribution in [3.05, 3.63) is 11.9 Å². The van der Waals surface area contributed by atoms with E-state index in [-0.39, 0.29) is 6.61 Å². The SMILES string of the molecule is CCOC(=O)/C=C(\F)C(F)(F)C(F)(F)C(F)(F)Cl. The molecule has 0 N–H and O–H groups in total. The minimum absolute atomic E-state index is 0.351. The second kappa shape index (κ2) is 5.33. The van der Waals surface area contributed by atoms with Crippen LogP contribution in [0.3, 0.4) is 0 Å². The monoisotopic (exact) mass is 302 g/mol. The van der Waals surface area contributed by atoms with Crippen LogP contribution in [0.1, 0.15) is 6.92 Å². The first-order chi connectivity index (χ1) is 7.88. The lowest BCUT2D eigenvalue weighted by molar-refractivity contribution is -0.269. The van der Waals surface area contributed by atoms with E-state index in [0.29, 0.717) is 0 Å². The number of carbonyl (C=O) groups is 1. The molecule has 0 aromatic carbocycles. The molecule has 10 heteroatoms. The molecule has 0 rings (SSSR count).